The molecule has 4 aromatic rings. The largest absolute Gasteiger partial charge is 0.497 e. The first-order valence-electron chi connectivity index (χ1n) is 11.0. The average Bonchev–Trinajstić information content (AvgIpc) is 3.36. The van der Waals surface area contributed by atoms with E-state index in [2.05, 4.69) is 24.1 Å². The van der Waals surface area contributed by atoms with Crippen LogP contribution in [0.3, 0.4) is 0 Å². The first-order chi connectivity index (χ1) is 16.0. The highest BCUT2D eigenvalue weighted by molar-refractivity contribution is 7.10. The minimum Gasteiger partial charge on any atom is -0.497 e. The smallest absolute Gasteiger partial charge is 0.277 e. The number of para-hydroxylation sites is 2. The normalized spacial score (nSPS) is 12.1. The number of nitrogens with zero attached hydrogens (tertiary/aromatic N) is 2. The van der Waals surface area contributed by atoms with Gasteiger partial charge in [-0.15, -0.1) is 11.3 Å². The Bertz CT molecular complexity index is 1290. The Kier molecular flexibility index (Phi) is 6.89. The standard InChI is InChI=1S/C26H27N3O3S/c1-17(2)25(23-9-6-16-33-23)28-24(30)15-14-21-26(31)29(18-10-12-19(32-3)13-11-18)22-8-5-4-7-20(22)27-21/h4-13,16-17,25H,14-15H2,1-3H3,(H,28,30)/t25-/m1/s1. The summed E-state index contributed by atoms with van der Waals surface area (Å²) >= 11 is 1.63. The zero-order valence-electron chi connectivity index (χ0n) is 18.9. The molecule has 0 spiro atoms. The van der Waals surface area contributed by atoms with Gasteiger partial charge in [0.05, 0.1) is 24.2 Å². The predicted molar refractivity (Wildman–Crippen MR) is 132 cm³/mol. The van der Waals surface area contributed by atoms with E-state index in [1.54, 1.807) is 23.0 Å². The van der Waals surface area contributed by atoms with Crippen molar-refractivity contribution in [1.82, 2.24) is 14.9 Å². The maximum Gasteiger partial charge on any atom is 0.277 e. The molecule has 1 amide bonds. The number of hydrogen-bond acceptors (Lipinski definition) is 5. The number of benzene rings is 2. The molecular formula is C26H27N3O3S. The minimum absolute atomic E-state index is 0.0435. The second-order valence-electron chi connectivity index (χ2n) is 8.19. The summed E-state index contributed by atoms with van der Waals surface area (Å²) in [6, 6.07) is 18.8. The number of carbonyl (C=O) groups excluding carboxylic acids is 1. The van der Waals surface area contributed by atoms with Gasteiger partial charge in [-0.2, -0.15) is 0 Å². The molecule has 2 aromatic heterocycles. The van der Waals surface area contributed by atoms with Crippen molar-refractivity contribution in [3.8, 4) is 11.4 Å². The van der Waals surface area contributed by atoms with Gasteiger partial charge in [-0.1, -0.05) is 32.0 Å². The van der Waals surface area contributed by atoms with E-state index in [4.69, 9.17) is 4.74 Å². The zero-order valence-corrected chi connectivity index (χ0v) is 19.8. The number of methoxy groups -OCH3 is 1. The molecule has 0 radical (unpaired) electrons. The third-order valence-corrected chi connectivity index (χ3v) is 6.54. The molecule has 0 aliphatic heterocycles. The Morgan fingerprint density at radius 3 is 2.52 bits per heavy atom. The number of aromatic nitrogens is 2. The molecule has 0 saturated carbocycles. The first kappa shape index (κ1) is 22.7. The number of ether oxygens (including phenoxy) is 1. The molecule has 6 nitrogen and oxygen atoms in total. The van der Waals surface area contributed by atoms with Crippen LogP contribution in [0.1, 0.15) is 36.9 Å². The Morgan fingerprint density at radius 2 is 1.85 bits per heavy atom. The van der Waals surface area contributed by atoms with Gasteiger partial charge in [-0.05, 0) is 53.8 Å². The van der Waals surface area contributed by atoms with Crippen LogP contribution in [0.4, 0.5) is 0 Å². The number of nitrogens with one attached hydrogen (secondary N) is 1. The maximum atomic E-state index is 13.4. The summed E-state index contributed by atoms with van der Waals surface area (Å²) in [5, 5.41) is 5.14. The van der Waals surface area contributed by atoms with E-state index in [1.165, 1.54) is 0 Å². The molecule has 1 N–H and O–H groups in total. The van der Waals surface area contributed by atoms with Crippen molar-refractivity contribution in [3.05, 3.63) is 87.0 Å². The number of hydrogen-bond donors (Lipinski definition) is 1. The summed E-state index contributed by atoms with van der Waals surface area (Å²) in [5.41, 5.74) is 2.31. The number of rotatable bonds is 8. The summed E-state index contributed by atoms with van der Waals surface area (Å²) in [5.74, 6) is 0.888. The molecule has 4 rings (SSSR count). The summed E-state index contributed by atoms with van der Waals surface area (Å²) in [4.78, 5) is 31.9. The van der Waals surface area contributed by atoms with Crippen molar-refractivity contribution >= 4 is 28.3 Å². The summed E-state index contributed by atoms with van der Waals surface area (Å²) in [6.07, 6.45) is 0.457. The molecule has 0 saturated heterocycles. The third kappa shape index (κ3) is 4.98. The van der Waals surface area contributed by atoms with Gasteiger partial charge in [-0.3, -0.25) is 14.2 Å². The van der Waals surface area contributed by atoms with E-state index >= 15 is 0 Å². The minimum atomic E-state index is -0.217. The molecule has 7 heteroatoms. The maximum absolute atomic E-state index is 13.4. The van der Waals surface area contributed by atoms with Crippen LogP contribution in [-0.2, 0) is 11.2 Å². The van der Waals surface area contributed by atoms with Gasteiger partial charge in [0, 0.05) is 23.4 Å². The first-order valence-corrected chi connectivity index (χ1v) is 11.8. The fourth-order valence-electron chi connectivity index (χ4n) is 3.84. The van der Waals surface area contributed by atoms with Crippen LogP contribution >= 0.6 is 11.3 Å². The van der Waals surface area contributed by atoms with Gasteiger partial charge >= 0.3 is 0 Å². The molecule has 2 heterocycles. The highest BCUT2D eigenvalue weighted by Crippen LogP contribution is 2.26. The van der Waals surface area contributed by atoms with E-state index < -0.39 is 0 Å². The number of carbonyl (C=O) groups is 1. The monoisotopic (exact) mass is 461 g/mol. The van der Waals surface area contributed by atoms with Crippen LogP contribution < -0.4 is 15.6 Å². The van der Waals surface area contributed by atoms with Crippen LogP contribution in [0.15, 0.2) is 70.8 Å². The van der Waals surface area contributed by atoms with Gasteiger partial charge in [-0.25, -0.2) is 4.98 Å². The highest BCUT2D eigenvalue weighted by atomic mass is 32.1. The van der Waals surface area contributed by atoms with Crippen LogP contribution in [-0.4, -0.2) is 22.6 Å². The van der Waals surface area contributed by atoms with Crippen LogP contribution in [0, 0.1) is 5.92 Å². The molecule has 0 fully saturated rings. The van der Waals surface area contributed by atoms with Crippen LogP contribution in [0.2, 0.25) is 0 Å². The molecule has 0 bridgehead atoms. The lowest BCUT2D eigenvalue weighted by molar-refractivity contribution is -0.122. The second kappa shape index (κ2) is 10.0. The predicted octanol–water partition coefficient (Wildman–Crippen LogP) is 4.90. The quantitative estimate of drug-likeness (QED) is 0.405. The number of thiophene rings is 1. The Labute approximate surface area is 196 Å². The Balaban J connectivity index is 1.61. The van der Waals surface area contributed by atoms with Gasteiger partial charge in [0.1, 0.15) is 11.4 Å². The van der Waals surface area contributed by atoms with Gasteiger partial charge in [0.25, 0.3) is 5.56 Å². The molecular weight excluding hydrogens is 434 g/mol. The van der Waals surface area contributed by atoms with Gasteiger partial charge < -0.3 is 10.1 Å². The fourth-order valence-corrected chi connectivity index (χ4v) is 4.79. The van der Waals surface area contributed by atoms with Crippen LogP contribution in [0.5, 0.6) is 5.75 Å². The molecule has 0 aliphatic carbocycles. The van der Waals surface area contributed by atoms with Gasteiger partial charge in [0.2, 0.25) is 5.91 Å². The number of fused-ring (bicyclic) bond motifs is 1. The molecule has 0 aliphatic rings. The fraction of sp³-hybridized carbons (Fsp3) is 0.269. The molecule has 170 valence electrons. The van der Waals surface area contributed by atoms with Crippen molar-refractivity contribution in [2.24, 2.45) is 5.92 Å². The Morgan fingerprint density at radius 1 is 1.09 bits per heavy atom. The van der Waals surface area contributed by atoms with E-state index in [0.717, 1.165) is 16.1 Å². The van der Waals surface area contributed by atoms with E-state index in [-0.39, 0.29) is 36.3 Å². The van der Waals surface area contributed by atoms with Gasteiger partial charge in [0.15, 0.2) is 0 Å². The molecule has 1 atom stereocenters. The number of amides is 1. The molecule has 33 heavy (non-hydrogen) atoms. The molecule has 0 unspecified atom stereocenters. The topological polar surface area (TPSA) is 73.2 Å². The van der Waals surface area contributed by atoms with E-state index in [0.29, 0.717) is 17.0 Å². The molecule has 2 aromatic carbocycles. The Hall–Kier alpha value is -3.45. The van der Waals surface area contributed by atoms with E-state index in [9.17, 15) is 9.59 Å². The highest BCUT2D eigenvalue weighted by Gasteiger charge is 2.20. The third-order valence-electron chi connectivity index (χ3n) is 5.58. The van der Waals surface area contributed by atoms with Crippen molar-refractivity contribution in [3.63, 3.8) is 0 Å². The lowest BCUT2D eigenvalue weighted by atomic mass is 10.0. The lowest BCUT2D eigenvalue weighted by Crippen LogP contribution is -2.32. The number of aryl methyl sites for hydroxylation is 1. The summed E-state index contributed by atoms with van der Waals surface area (Å²) < 4.78 is 6.89. The summed E-state index contributed by atoms with van der Waals surface area (Å²) in [6.45, 7) is 4.17. The SMILES string of the molecule is COc1ccc(-n2c(=O)c(CCC(=O)N[C@@H](c3cccs3)C(C)C)nc3ccccc32)cc1. The summed E-state index contributed by atoms with van der Waals surface area (Å²) in [7, 11) is 1.61. The van der Waals surface area contributed by atoms with Crippen molar-refractivity contribution in [1.29, 1.82) is 0 Å². The lowest BCUT2D eigenvalue weighted by Gasteiger charge is -2.21. The second-order valence-corrected chi connectivity index (χ2v) is 9.17. The van der Waals surface area contributed by atoms with E-state index in [1.807, 2.05) is 66.0 Å². The van der Waals surface area contributed by atoms with Crippen LogP contribution in [0.25, 0.3) is 16.7 Å². The van der Waals surface area contributed by atoms with Crippen molar-refractivity contribution in [2.45, 2.75) is 32.7 Å². The zero-order chi connectivity index (χ0) is 23.4. The van der Waals surface area contributed by atoms with Crippen molar-refractivity contribution in [2.75, 3.05) is 7.11 Å². The average molecular weight is 462 g/mol. The van der Waals surface area contributed by atoms with Crippen molar-refractivity contribution < 1.29 is 9.53 Å².